The van der Waals surface area contributed by atoms with Gasteiger partial charge in [0.1, 0.15) is 0 Å². The van der Waals surface area contributed by atoms with Crippen LogP contribution in [0.5, 0.6) is 0 Å². The molecule has 4 nitrogen and oxygen atoms in total. The van der Waals surface area contributed by atoms with Crippen LogP contribution in [0.1, 0.15) is 6.42 Å². The molecule has 1 rings (SSSR count). The van der Waals surface area contributed by atoms with E-state index in [9.17, 15) is 5.11 Å². The number of likely N-dealkylation sites (tertiary alicyclic amines) is 1. The first kappa shape index (κ1) is 8.93. The van der Waals surface area contributed by atoms with Crippen LogP contribution in [0.4, 0.5) is 0 Å². The Bertz CT molecular complexity index is 120. The molecule has 1 fully saturated rings. The molecule has 4 heteroatoms. The Kier molecular flexibility index (Phi) is 3.26. The fourth-order valence-corrected chi connectivity index (χ4v) is 1.33. The molecule has 0 saturated carbocycles. The summed E-state index contributed by atoms with van der Waals surface area (Å²) < 4.78 is 0. The SMILES string of the molecule is OCCN1CCC(O)C(O)C1. The van der Waals surface area contributed by atoms with Crippen molar-refractivity contribution in [3.63, 3.8) is 0 Å². The Balaban J connectivity index is 2.28. The maximum atomic E-state index is 9.20. The number of nitrogens with zero attached hydrogens (tertiary/aromatic N) is 1. The molecule has 0 radical (unpaired) electrons. The van der Waals surface area contributed by atoms with E-state index in [0.29, 0.717) is 19.5 Å². The molecule has 11 heavy (non-hydrogen) atoms. The minimum atomic E-state index is -0.643. The van der Waals surface area contributed by atoms with Crippen molar-refractivity contribution < 1.29 is 15.3 Å². The zero-order chi connectivity index (χ0) is 8.27. The summed E-state index contributed by atoms with van der Waals surface area (Å²) >= 11 is 0. The number of aliphatic hydroxyl groups excluding tert-OH is 3. The van der Waals surface area contributed by atoms with Gasteiger partial charge in [-0.05, 0) is 6.42 Å². The zero-order valence-electron chi connectivity index (χ0n) is 6.48. The molecule has 2 atom stereocenters. The highest BCUT2D eigenvalue weighted by Gasteiger charge is 2.24. The van der Waals surface area contributed by atoms with E-state index in [-0.39, 0.29) is 6.61 Å². The van der Waals surface area contributed by atoms with Gasteiger partial charge in [-0.2, -0.15) is 0 Å². The first-order valence-corrected chi connectivity index (χ1v) is 3.93. The number of rotatable bonds is 2. The van der Waals surface area contributed by atoms with Crippen molar-refractivity contribution in [3.8, 4) is 0 Å². The second kappa shape index (κ2) is 4.01. The molecular formula is C7H15NO3. The van der Waals surface area contributed by atoms with Gasteiger partial charge >= 0.3 is 0 Å². The van der Waals surface area contributed by atoms with E-state index in [1.54, 1.807) is 0 Å². The van der Waals surface area contributed by atoms with Crippen LogP contribution in [-0.2, 0) is 0 Å². The normalized spacial score (nSPS) is 34.1. The molecule has 1 saturated heterocycles. The average molecular weight is 161 g/mol. The van der Waals surface area contributed by atoms with E-state index >= 15 is 0 Å². The molecule has 3 N–H and O–H groups in total. The predicted molar refractivity (Wildman–Crippen MR) is 40.2 cm³/mol. The van der Waals surface area contributed by atoms with Gasteiger partial charge in [0, 0.05) is 19.6 Å². The van der Waals surface area contributed by atoms with Crippen molar-refractivity contribution in [1.82, 2.24) is 4.90 Å². The van der Waals surface area contributed by atoms with E-state index in [1.165, 1.54) is 0 Å². The highest BCUT2D eigenvalue weighted by molar-refractivity contribution is 4.78. The number of hydrogen-bond donors (Lipinski definition) is 3. The van der Waals surface area contributed by atoms with Crippen LogP contribution in [0.25, 0.3) is 0 Å². The Morgan fingerprint density at radius 3 is 2.55 bits per heavy atom. The van der Waals surface area contributed by atoms with E-state index in [2.05, 4.69) is 0 Å². The quantitative estimate of drug-likeness (QED) is 0.457. The topological polar surface area (TPSA) is 63.9 Å². The van der Waals surface area contributed by atoms with Crippen LogP contribution in [0.2, 0.25) is 0 Å². The minimum Gasteiger partial charge on any atom is -0.395 e. The summed E-state index contributed by atoms with van der Waals surface area (Å²) in [5, 5.41) is 26.9. The maximum Gasteiger partial charge on any atom is 0.0926 e. The fraction of sp³-hybridized carbons (Fsp3) is 1.00. The number of aliphatic hydroxyl groups is 3. The van der Waals surface area contributed by atoms with Crippen LogP contribution in [-0.4, -0.2) is 58.7 Å². The minimum absolute atomic E-state index is 0.114. The van der Waals surface area contributed by atoms with E-state index in [1.807, 2.05) is 4.90 Å². The van der Waals surface area contributed by atoms with Crippen LogP contribution in [0.3, 0.4) is 0 Å². The molecule has 0 bridgehead atoms. The van der Waals surface area contributed by atoms with Crippen molar-refractivity contribution in [2.24, 2.45) is 0 Å². The van der Waals surface area contributed by atoms with Crippen LogP contribution < -0.4 is 0 Å². The molecule has 0 aromatic heterocycles. The number of piperidine rings is 1. The second-order valence-corrected chi connectivity index (χ2v) is 2.95. The summed E-state index contributed by atoms with van der Waals surface area (Å²) in [5.41, 5.74) is 0. The fourth-order valence-electron chi connectivity index (χ4n) is 1.33. The molecular weight excluding hydrogens is 146 g/mol. The first-order valence-electron chi connectivity index (χ1n) is 3.93. The lowest BCUT2D eigenvalue weighted by Gasteiger charge is -2.32. The first-order chi connectivity index (χ1) is 5.24. The molecule has 0 aromatic rings. The second-order valence-electron chi connectivity index (χ2n) is 2.95. The van der Waals surface area contributed by atoms with Gasteiger partial charge in [0.15, 0.2) is 0 Å². The smallest absolute Gasteiger partial charge is 0.0926 e. The standard InChI is InChI=1S/C7H15NO3/c9-4-3-8-2-1-6(10)7(11)5-8/h6-7,9-11H,1-5H2. The van der Waals surface area contributed by atoms with Gasteiger partial charge in [-0.3, -0.25) is 4.90 Å². The third kappa shape index (κ3) is 2.41. The Hall–Kier alpha value is -0.160. The zero-order valence-corrected chi connectivity index (χ0v) is 6.48. The highest BCUT2D eigenvalue weighted by Crippen LogP contribution is 2.09. The number of β-amino-alcohol motifs (C(OH)–C–C–N with tert-alkyl or cyclic N) is 2. The number of hydrogen-bond acceptors (Lipinski definition) is 4. The highest BCUT2D eigenvalue weighted by atomic mass is 16.3. The van der Waals surface area contributed by atoms with Crippen molar-refractivity contribution in [2.75, 3.05) is 26.2 Å². The summed E-state index contributed by atoms with van der Waals surface area (Å²) in [5.74, 6) is 0. The lowest BCUT2D eigenvalue weighted by molar-refractivity contribution is -0.0409. The Morgan fingerprint density at radius 2 is 2.00 bits per heavy atom. The lowest BCUT2D eigenvalue weighted by Crippen LogP contribution is -2.47. The van der Waals surface area contributed by atoms with Crippen LogP contribution in [0, 0.1) is 0 Å². The van der Waals surface area contributed by atoms with Gasteiger partial charge in [0.2, 0.25) is 0 Å². The Labute approximate surface area is 66.1 Å². The molecule has 66 valence electrons. The molecule has 1 aliphatic rings. The largest absolute Gasteiger partial charge is 0.395 e. The summed E-state index contributed by atoms with van der Waals surface area (Å²) in [6.07, 6.45) is -0.624. The summed E-state index contributed by atoms with van der Waals surface area (Å²) in [7, 11) is 0. The lowest BCUT2D eigenvalue weighted by atomic mass is 10.1. The van der Waals surface area contributed by atoms with Crippen molar-refractivity contribution in [1.29, 1.82) is 0 Å². The molecule has 0 aromatic carbocycles. The summed E-state index contributed by atoms with van der Waals surface area (Å²) in [4.78, 5) is 1.94. The summed E-state index contributed by atoms with van der Waals surface area (Å²) in [6, 6.07) is 0. The van der Waals surface area contributed by atoms with E-state index < -0.39 is 12.2 Å². The van der Waals surface area contributed by atoms with Crippen LogP contribution >= 0.6 is 0 Å². The molecule has 2 unspecified atom stereocenters. The van der Waals surface area contributed by atoms with Gasteiger partial charge in [0.25, 0.3) is 0 Å². The molecule has 0 spiro atoms. The van der Waals surface area contributed by atoms with E-state index in [4.69, 9.17) is 10.2 Å². The van der Waals surface area contributed by atoms with Gasteiger partial charge < -0.3 is 15.3 Å². The van der Waals surface area contributed by atoms with Gasteiger partial charge in [-0.1, -0.05) is 0 Å². The maximum absolute atomic E-state index is 9.20. The predicted octanol–water partition coefficient (Wildman–Crippen LogP) is -1.59. The van der Waals surface area contributed by atoms with Gasteiger partial charge in [-0.25, -0.2) is 0 Å². The van der Waals surface area contributed by atoms with Crippen molar-refractivity contribution in [3.05, 3.63) is 0 Å². The third-order valence-corrected chi connectivity index (χ3v) is 2.05. The van der Waals surface area contributed by atoms with Gasteiger partial charge in [-0.15, -0.1) is 0 Å². The Morgan fingerprint density at radius 1 is 1.27 bits per heavy atom. The average Bonchev–Trinajstić information content (AvgIpc) is 1.98. The van der Waals surface area contributed by atoms with Crippen molar-refractivity contribution >= 4 is 0 Å². The third-order valence-electron chi connectivity index (χ3n) is 2.05. The molecule has 0 amide bonds. The molecule has 1 heterocycles. The van der Waals surface area contributed by atoms with Gasteiger partial charge in [0.05, 0.1) is 18.8 Å². The molecule has 0 aliphatic carbocycles. The van der Waals surface area contributed by atoms with E-state index in [0.717, 1.165) is 6.54 Å². The summed E-state index contributed by atoms with van der Waals surface area (Å²) in [6.45, 7) is 1.94. The van der Waals surface area contributed by atoms with Crippen molar-refractivity contribution in [2.45, 2.75) is 18.6 Å². The monoisotopic (exact) mass is 161 g/mol. The molecule has 1 aliphatic heterocycles. The van der Waals surface area contributed by atoms with Crippen LogP contribution in [0.15, 0.2) is 0 Å².